The van der Waals surface area contributed by atoms with Crippen molar-refractivity contribution in [2.45, 2.75) is 6.92 Å². The Kier molecular flexibility index (Phi) is 3.34. The molecule has 3 rings (SSSR count). The third-order valence-electron chi connectivity index (χ3n) is 3.19. The zero-order chi connectivity index (χ0) is 15.7. The Morgan fingerprint density at radius 3 is 2.73 bits per heavy atom. The first-order chi connectivity index (χ1) is 10.6. The molecule has 3 N–H and O–H groups in total. The van der Waals surface area contributed by atoms with E-state index in [1.807, 2.05) is 6.92 Å². The van der Waals surface area contributed by atoms with E-state index >= 15 is 0 Å². The largest absolute Gasteiger partial charge is 0.449 e. The SMILES string of the molecule is Cc1cncc(C(=O)Nc2c(C(N)=O)oc3ccccc23)c1. The first-order valence-electron chi connectivity index (χ1n) is 6.60. The molecule has 0 fully saturated rings. The van der Waals surface area contributed by atoms with Crippen LogP contribution < -0.4 is 11.1 Å². The Bertz CT molecular complexity index is 883. The van der Waals surface area contributed by atoms with Crippen molar-refractivity contribution >= 4 is 28.5 Å². The van der Waals surface area contributed by atoms with Gasteiger partial charge in [0, 0.05) is 17.8 Å². The number of anilines is 1. The minimum absolute atomic E-state index is 0.0739. The number of primary amides is 1. The number of nitrogens with one attached hydrogen (secondary N) is 1. The van der Waals surface area contributed by atoms with Gasteiger partial charge in [-0.05, 0) is 30.7 Å². The van der Waals surface area contributed by atoms with Gasteiger partial charge in [0.1, 0.15) is 11.3 Å². The lowest BCUT2D eigenvalue weighted by atomic mass is 10.2. The number of fused-ring (bicyclic) bond motifs is 1. The van der Waals surface area contributed by atoms with Gasteiger partial charge in [0.2, 0.25) is 5.76 Å². The fraction of sp³-hybridized carbons (Fsp3) is 0.0625. The fourth-order valence-electron chi connectivity index (χ4n) is 2.21. The topological polar surface area (TPSA) is 98.2 Å². The number of nitrogens with two attached hydrogens (primary N) is 1. The average molecular weight is 295 g/mol. The van der Waals surface area contributed by atoms with Gasteiger partial charge in [-0.1, -0.05) is 12.1 Å². The lowest BCUT2D eigenvalue weighted by molar-refractivity contribution is 0.0977. The Hall–Kier alpha value is -3.15. The molecule has 110 valence electrons. The van der Waals surface area contributed by atoms with Crippen LogP contribution in [-0.4, -0.2) is 16.8 Å². The molecule has 0 radical (unpaired) electrons. The number of carbonyl (C=O) groups excluding carboxylic acids is 2. The standard InChI is InChI=1S/C16H13N3O3/c1-9-6-10(8-18-7-9)16(21)19-13-11-4-2-3-5-12(11)22-14(13)15(17)20/h2-8H,1H3,(H2,17,20)(H,19,21). The molecule has 0 bridgehead atoms. The van der Waals surface area contributed by atoms with Crippen molar-refractivity contribution < 1.29 is 14.0 Å². The number of hydrogen-bond donors (Lipinski definition) is 2. The molecule has 0 aliphatic carbocycles. The van der Waals surface area contributed by atoms with Crippen LogP contribution in [0.1, 0.15) is 26.5 Å². The fourth-order valence-corrected chi connectivity index (χ4v) is 2.21. The predicted octanol–water partition coefficient (Wildman–Crippen LogP) is 2.49. The van der Waals surface area contributed by atoms with E-state index in [0.29, 0.717) is 16.5 Å². The summed E-state index contributed by atoms with van der Waals surface area (Å²) in [7, 11) is 0. The van der Waals surface area contributed by atoms with Crippen LogP contribution in [0.2, 0.25) is 0 Å². The smallest absolute Gasteiger partial charge is 0.286 e. The number of pyridine rings is 1. The van der Waals surface area contributed by atoms with Crippen molar-refractivity contribution in [3.8, 4) is 0 Å². The van der Waals surface area contributed by atoms with Crippen LogP contribution in [0.3, 0.4) is 0 Å². The molecule has 3 aromatic rings. The monoisotopic (exact) mass is 295 g/mol. The van der Waals surface area contributed by atoms with Gasteiger partial charge in [-0.25, -0.2) is 0 Å². The number of aryl methyl sites for hydroxylation is 1. The van der Waals surface area contributed by atoms with E-state index in [2.05, 4.69) is 10.3 Å². The molecule has 0 saturated heterocycles. The highest BCUT2D eigenvalue weighted by Gasteiger charge is 2.20. The molecule has 0 atom stereocenters. The van der Waals surface area contributed by atoms with Crippen molar-refractivity contribution in [2.24, 2.45) is 5.73 Å². The molecule has 0 aliphatic rings. The van der Waals surface area contributed by atoms with Crippen molar-refractivity contribution in [1.82, 2.24) is 4.98 Å². The molecule has 0 saturated carbocycles. The average Bonchev–Trinajstić information content (AvgIpc) is 2.86. The second kappa shape index (κ2) is 5.33. The first-order valence-corrected chi connectivity index (χ1v) is 6.60. The van der Waals surface area contributed by atoms with Crippen LogP contribution in [0.15, 0.2) is 47.1 Å². The van der Waals surface area contributed by atoms with Crippen LogP contribution in [0.25, 0.3) is 11.0 Å². The zero-order valence-electron chi connectivity index (χ0n) is 11.8. The number of hydrogen-bond acceptors (Lipinski definition) is 4. The molecule has 6 heteroatoms. The maximum Gasteiger partial charge on any atom is 0.286 e. The molecular formula is C16H13N3O3. The highest BCUT2D eigenvalue weighted by molar-refractivity contribution is 6.14. The van der Waals surface area contributed by atoms with Crippen LogP contribution in [0.5, 0.6) is 0 Å². The summed E-state index contributed by atoms with van der Waals surface area (Å²) in [5.41, 5.74) is 7.32. The van der Waals surface area contributed by atoms with Crippen LogP contribution >= 0.6 is 0 Å². The highest BCUT2D eigenvalue weighted by Crippen LogP contribution is 2.30. The predicted molar refractivity (Wildman–Crippen MR) is 81.7 cm³/mol. The lowest BCUT2D eigenvalue weighted by Crippen LogP contribution is -2.17. The Labute approximate surface area is 125 Å². The van der Waals surface area contributed by atoms with E-state index in [0.717, 1.165) is 5.56 Å². The van der Waals surface area contributed by atoms with E-state index < -0.39 is 5.91 Å². The van der Waals surface area contributed by atoms with E-state index in [4.69, 9.17) is 10.2 Å². The summed E-state index contributed by atoms with van der Waals surface area (Å²) in [6.45, 7) is 1.84. The Morgan fingerprint density at radius 2 is 2.00 bits per heavy atom. The molecule has 1 aromatic carbocycles. The van der Waals surface area contributed by atoms with Gasteiger partial charge in [-0.2, -0.15) is 0 Å². The number of amides is 2. The van der Waals surface area contributed by atoms with E-state index in [9.17, 15) is 9.59 Å². The van der Waals surface area contributed by atoms with Crippen molar-refractivity contribution in [3.63, 3.8) is 0 Å². The number of aromatic nitrogens is 1. The molecule has 22 heavy (non-hydrogen) atoms. The van der Waals surface area contributed by atoms with Crippen molar-refractivity contribution in [1.29, 1.82) is 0 Å². The van der Waals surface area contributed by atoms with Crippen LogP contribution in [-0.2, 0) is 0 Å². The minimum atomic E-state index is -0.742. The molecule has 2 aromatic heterocycles. The summed E-state index contributed by atoms with van der Waals surface area (Å²) in [5.74, 6) is -1.20. The Balaban J connectivity index is 2.04. The quantitative estimate of drug-likeness (QED) is 0.775. The molecule has 2 heterocycles. The maximum absolute atomic E-state index is 12.3. The summed E-state index contributed by atoms with van der Waals surface area (Å²) in [6, 6.07) is 8.70. The number of carbonyl (C=O) groups is 2. The van der Waals surface area contributed by atoms with Crippen molar-refractivity contribution in [2.75, 3.05) is 5.32 Å². The highest BCUT2D eigenvalue weighted by atomic mass is 16.3. The number of furan rings is 1. The van der Waals surface area contributed by atoms with Gasteiger partial charge in [0.05, 0.1) is 5.56 Å². The molecule has 0 spiro atoms. The Morgan fingerprint density at radius 1 is 1.23 bits per heavy atom. The number of nitrogens with zero attached hydrogens (tertiary/aromatic N) is 1. The molecule has 2 amide bonds. The van der Waals surface area contributed by atoms with Crippen LogP contribution in [0.4, 0.5) is 5.69 Å². The third kappa shape index (κ3) is 2.42. The van der Waals surface area contributed by atoms with Gasteiger partial charge in [-0.3, -0.25) is 14.6 Å². The van der Waals surface area contributed by atoms with E-state index in [-0.39, 0.29) is 17.4 Å². The second-order valence-corrected chi connectivity index (χ2v) is 4.87. The van der Waals surface area contributed by atoms with E-state index in [1.54, 1.807) is 36.5 Å². The van der Waals surface area contributed by atoms with Crippen molar-refractivity contribution in [3.05, 3.63) is 59.6 Å². The maximum atomic E-state index is 12.3. The lowest BCUT2D eigenvalue weighted by Gasteiger charge is -2.05. The van der Waals surface area contributed by atoms with Gasteiger partial charge >= 0.3 is 0 Å². The number of benzene rings is 1. The van der Waals surface area contributed by atoms with Gasteiger partial charge in [0.15, 0.2) is 0 Å². The van der Waals surface area contributed by atoms with Gasteiger partial charge in [0.25, 0.3) is 11.8 Å². The van der Waals surface area contributed by atoms with E-state index in [1.165, 1.54) is 6.20 Å². The molecule has 0 unspecified atom stereocenters. The number of para-hydroxylation sites is 1. The second-order valence-electron chi connectivity index (χ2n) is 4.87. The minimum Gasteiger partial charge on any atom is -0.449 e. The van der Waals surface area contributed by atoms with Gasteiger partial charge < -0.3 is 15.5 Å². The summed E-state index contributed by atoms with van der Waals surface area (Å²) in [5, 5.41) is 3.30. The third-order valence-corrected chi connectivity index (χ3v) is 3.19. The summed E-state index contributed by atoms with van der Waals surface area (Å²) in [4.78, 5) is 27.8. The number of rotatable bonds is 3. The van der Waals surface area contributed by atoms with Gasteiger partial charge in [-0.15, -0.1) is 0 Å². The summed E-state index contributed by atoms with van der Waals surface area (Å²) in [6.07, 6.45) is 3.10. The zero-order valence-corrected chi connectivity index (χ0v) is 11.8. The van der Waals surface area contributed by atoms with Crippen LogP contribution in [0, 0.1) is 6.92 Å². The first kappa shape index (κ1) is 13.8. The molecule has 6 nitrogen and oxygen atoms in total. The summed E-state index contributed by atoms with van der Waals surface area (Å²) >= 11 is 0. The summed E-state index contributed by atoms with van der Waals surface area (Å²) < 4.78 is 5.42. The molecular weight excluding hydrogens is 282 g/mol. The molecule has 0 aliphatic heterocycles. The normalized spacial score (nSPS) is 10.6.